The van der Waals surface area contributed by atoms with Gasteiger partial charge >= 0.3 is 0 Å². The van der Waals surface area contributed by atoms with Crippen LogP contribution in [-0.4, -0.2) is 15.9 Å². The van der Waals surface area contributed by atoms with Crippen LogP contribution in [0.4, 0.5) is 10.2 Å². The van der Waals surface area contributed by atoms with Gasteiger partial charge in [-0.2, -0.15) is 0 Å². The second-order valence-corrected chi connectivity index (χ2v) is 7.70. The second kappa shape index (κ2) is 7.59. The molecule has 2 N–H and O–H groups in total. The maximum Gasteiger partial charge on any atom is 0.257 e. The third-order valence-electron chi connectivity index (χ3n) is 4.70. The van der Waals surface area contributed by atoms with Gasteiger partial charge in [0.05, 0.1) is 5.56 Å². The maximum absolute atomic E-state index is 13.8. The summed E-state index contributed by atoms with van der Waals surface area (Å²) < 4.78 is 13.8. The van der Waals surface area contributed by atoms with Crippen molar-refractivity contribution in [1.29, 1.82) is 0 Å². The molecule has 28 heavy (non-hydrogen) atoms. The van der Waals surface area contributed by atoms with Crippen LogP contribution in [0.2, 0.25) is 0 Å². The van der Waals surface area contributed by atoms with Gasteiger partial charge in [-0.05, 0) is 24.1 Å². The number of hydrogen-bond donors (Lipinski definition) is 2. The second-order valence-electron chi connectivity index (χ2n) is 6.73. The van der Waals surface area contributed by atoms with Gasteiger partial charge in [-0.15, -0.1) is 0 Å². The predicted octanol–water partition coefficient (Wildman–Crippen LogP) is 3.98. The Bertz CT molecular complexity index is 1110. The fraction of sp³-hybridized carbons (Fsp3) is 0.190. The Hall–Kier alpha value is -2.93. The minimum Gasteiger partial charge on any atom is -0.310 e. The first-order chi connectivity index (χ1) is 13.5. The topological polar surface area (TPSA) is 74.8 Å². The Morgan fingerprint density at radius 2 is 2.00 bits per heavy atom. The summed E-state index contributed by atoms with van der Waals surface area (Å²) in [5.41, 5.74) is 2.67. The number of nitrogens with zero attached hydrogens (tertiary/aromatic N) is 1. The van der Waals surface area contributed by atoms with Crippen LogP contribution in [-0.2, 0) is 10.5 Å². The highest BCUT2D eigenvalue weighted by molar-refractivity contribution is 7.98. The number of aromatic nitrogens is 2. The average molecular weight is 395 g/mol. The third kappa shape index (κ3) is 3.71. The molecule has 2 heterocycles. The SMILES string of the molecule is Cc1cccc(C2CC(=O)Nc3nc(SCc4ccccc4F)[nH]c(=O)c32)c1. The molecule has 0 aliphatic carbocycles. The smallest absolute Gasteiger partial charge is 0.257 e. The molecule has 1 atom stereocenters. The fourth-order valence-corrected chi connectivity index (χ4v) is 4.20. The zero-order chi connectivity index (χ0) is 19.7. The van der Waals surface area contributed by atoms with Crippen LogP contribution in [0, 0.1) is 12.7 Å². The van der Waals surface area contributed by atoms with Crippen molar-refractivity contribution in [3.8, 4) is 0 Å². The highest BCUT2D eigenvalue weighted by Crippen LogP contribution is 2.35. The van der Waals surface area contributed by atoms with Crippen molar-refractivity contribution in [2.75, 3.05) is 5.32 Å². The van der Waals surface area contributed by atoms with Gasteiger partial charge < -0.3 is 10.3 Å². The summed E-state index contributed by atoms with van der Waals surface area (Å²) >= 11 is 1.22. The number of carbonyl (C=O) groups is 1. The fourth-order valence-electron chi connectivity index (χ4n) is 3.35. The summed E-state index contributed by atoms with van der Waals surface area (Å²) in [5, 5.41) is 3.05. The molecular weight excluding hydrogens is 377 g/mol. The first-order valence-electron chi connectivity index (χ1n) is 8.88. The number of hydrogen-bond acceptors (Lipinski definition) is 4. The zero-order valence-electron chi connectivity index (χ0n) is 15.2. The summed E-state index contributed by atoms with van der Waals surface area (Å²) in [6, 6.07) is 14.3. The molecule has 2 aromatic carbocycles. The van der Waals surface area contributed by atoms with Crippen LogP contribution in [0.5, 0.6) is 0 Å². The van der Waals surface area contributed by atoms with Gasteiger partial charge in [-0.25, -0.2) is 9.37 Å². The molecule has 3 aromatic rings. The third-order valence-corrected chi connectivity index (χ3v) is 5.62. The zero-order valence-corrected chi connectivity index (χ0v) is 16.0. The summed E-state index contributed by atoms with van der Waals surface area (Å²) in [7, 11) is 0. The highest BCUT2D eigenvalue weighted by Gasteiger charge is 2.31. The van der Waals surface area contributed by atoms with Crippen LogP contribution in [0.25, 0.3) is 0 Å². The molecule has 142 valence electrons. The van der Waals surface area contributed by atoms with Crippen LogP contribution < -0.4 is 10.9 Å². The van der Waals surface area contributed by atoms with E-state index in [4.69, 9.17) is 0 Å². The van der Waals surface area contributed by atoms with Crippen molar-refractivity contribution in [1.82, 2.24) is 9.97 Å². The highest BCUT2D eigenvalue weighted by atomic mass is 32.2. The van der Waals surface area contributed by atoms with Crippen molar-refractivity contribution in [2.45, 2.75) is 30.2 Å². The van der Waals surface area contributed by atoms with Gasteiger partial charge in [0.15, 0.2) is 5.16 Å². The van der Waals surface area contributed by atoms with Gasteiger partial charge in [-0.3, -0.25) is 9.59 Å². The molecule has 5 nitrogen and oxygen atoms in total. The lowest BCUT2D eigenvalue weighted by atomic mass is 9.86. The lowest BCUT2D eigenvalue weighted by molar-refractivity contribution is -0.116. The van der Waals surface area contributed by atoms with Gasteiger partial charge in [0.25, 0.3) is 5.56 Å². The molecule has 0 spiro atoms. The number of anilines is 1. The Labute approximate surface area is 165 Å². The summed E-state index contributed by atoms with van der Waals surface area (Å²) in [4.78, 5) is 32.2. The summed E-state index contributed by atoms with van der Waals surface area (Å²) in [5.74, 6) is -0.220. The lowest BCUT2D eigenvalue weighted by Crippen LogP contribution is -2.31. The van der Waals surface area contributed by atoms with E-state index in [2.05, 4.69) is 15.3 Å². The van der Waals surface area contributed by atoms with Crippen molar-refractivity contribution in [3.05, 3.63) is 87.0 Å². The van der Waals surface area contributed by atoms with Gasteiger partial charge in [0.1, 0.15) is 11.6 Å². The quantitative estimate of drug-likeness (QED) is 0.518. The number of amides is 1. The molecule has 1 aliphatic heterocycles. The number of thioether (sulfide) groups is 1. The van der Waals surface area contributed by atoms with Gasteiger partial charge in [-0.1, -0.05) is 59.8 Å². The number of carbonyl (C=O) groups excluding carboxylic acids is 1. The average Bonchev–Trinajstić information content (AvgIpc) is 2.66. The largest absolute Gasteiger partial charge is 0.310 e. The number of H-pyrrole nitrogens is 1. The monoisotopic (exact) mass is 395 g/mol. The van der Waals surface area contributed by atoms with Crippen molar-refractivity contribution >= 4 is 23.5 Å². The van der Waals surface area contributed by atoms with E-state index in [0.717, 1.165) is 11.1 Å². The number of aryl methyl sites for hydroxylation is 1. The van der Waals surface area contributed by atoms with Crippen molar-refractivity contribution in [3.63, 3.8) is 0 Å². The van der Waals surface area contributed by atoms with Gasteiger partial charge in [0, 0.05) is 18.1 Å². The Kier molecular flexibility index (Phi) is 5.00. The van der Waals surface area contributed by atoms with E-state index in [9.17, 15) is 14.0 Å². The number of benzene rings is 2. The number of nitrogens with one attached hydrogen (secondary N) is 2. The maximum atomic E-state index is 13.8. The number of rotatable bonds is 4. The Morgan fingerprint density at radius 1 is 1.18 bits per heavy atom. The summed E-state index contributed by atoms with van der Waals surface area (Å²) in [6.07, 6.45) is 0.197. The minimum absolute atomic E-state index is 0.179. The van der Waals surface area contributed by atoms with E-state index >= 15 is 0 Å². The first kappa shape index (κ1) is 18.4. The Morgan fingerprint density at radius 3 is 2.79 bits per heavy atom. The molecular formula is C21H18FN3O2S. The predicted molar refractivity (Wildman–Crippen MR) is 107 cm³/mol. The Balaban J connectivity index is 1.67. The van der Waals surface area contributed by atoms with Crippen molar-refractivity contribution < 1.29 is 9.18 Å². The molecule has 0 saturated heterocycles. The molecule has 1 aromatic heterocycles. The first-order valence-corrected chi connectivity index (χ1v) is 9.86. The van der Waals surface area contributed by atoms with E-state index in [0.29, 0.717) is 22.0 Å². The van der Waals surface area contributed by atoms with E-state index in [-0.39, 0.29) is 35.4 Å². The van der Waals surface area contributed by atoms with Crippen LogP contribution in [0.1, 0.15) is 34.6 Å². The molecule has 0 radical (unpaired) electrons. The van der Waals surface area contributed by atoms with E-state index in [1.54, 1.807) is 18.2 Å². The number of aromatic amines is 1. The molecule has 1 aliphatic rings. The normalized spacial score (nSPS) is 15.8. The molecule has 0 fully saturated rings. The lowest BCUT2D eigenvalue weighted by Gasteiger charge is -2.24. The van der Waals surface area contributed by atoms with Gasteiger partial charge in [0.2, 0.25) is 5.91 Å². The number of fused-ring (bicyclic) bond motifs is 1. The molecule has 0 saturated carbocycles. The molecule has 0 bridgehead atoms. The van der Waals surface area contributed by atoms with Crippen LogP contribution in [0.3, 0.4) is 0 Å². The van der Waals surface area contributed by atoms with E-state index in [1.165, 1.54) is 17.8 Å². The molecule has 4 rings (SSSR count). The number of halogens is 1. The van der Waals surface area contributed by atoms with Crippen molar-refractivity contribution in [2.24, 2.45) is 0 Å². The molecule has 1 amide bonds. The van der Waals surface area contributed by atoms with Crippen LogP contribution >= 0.6 is 11.8 Å². The summed E-state index contributed by atoms with van der Waals surface area (Å²) in [6.45, 7) is 1.97. The standard InChI is InChI=1S/C21H18FN3O2S/c1-12-5-4-7-13(9-12)15-10-17(26)23-19-18(15)20(27)25-21(24-19)28-11-14-6-2-3-8-16(14)22/h2-9,15H,10-11H2,1H3,(H2,23,24,25,26,27). The van der Waals surface area contributed by atoms with E-state index in [1.807, 2.05) is 31.2 Å². The minimum atomic E-state index is -0.342. The van der Waals surface area contributed by atoms with Crippen LogP contribution in [0.15, 0.2) is 58.5 Å². The molecule has 7 heteroatoms. The van der Waals surface area contributed by atoms with E-state index < -0.39 is 0 Å². The molecule has 1 unspecified atom stereocenters.